The number of piperazine rings is 1. The first-order valence-corrected chi connectivity index (χ1v) is 9.14. The van der Waals surface area contributed by atoms with Crippen LogP contribution in [0.15, 0.2) is 24.3 Å². The fraction of sp³-hybridized carbons (Fsp3) is 0.632. The van der Waals surface area contributed by atoms with Gasteiger partial charge in [-0.15, -0.1) is 0 Å². The molecule has 3 fully saturated rings. The van der Waals surface area contributed by atoms with Crippen LogP contribution in [0.25, 0.3) is 0 Å². The first-order valence-electron chi connectivity index (χ1n) is 9.14. The molecule has 0 radical (unpaired) electrons. The Bertz CT molecular complexity index is 604. The van der Waals surface area contributed by atoms with Crippen LogP contribution in [0.1, 0.15) is 36.0 Å². The third kappa shape index (κ3) is 2.91. The van der Waals surface area contributed by atoms with Crippen molar-refractivity contribution < 1.29 is 9.90 Å². The highest BCUT2D eigenvalue weighted by Gasteiger charge is 2.52. The standard InChI is InChI=1S/C19H27N3O2/c1-20-11-13-21(14-12-20)16-6-4-15(5-7-16)18(23)22-10-2-3-17(22)19(24)8-9-19/h4-7,17,24H,2-3,8-14H2,1H3. The number of amides is 1. The van der Waals surface area contributed by atoms with Crippen LogP contribution < -0.4 is 4.90 Å². The summed E-state index contributed by atoms with van der Waals surface area (Å²) in [7, 11) is 2.15. The monoisotopic (exact) mass is 329 g/mol. The Morgan fingerprint density at radius 3 is 2.38 bits per heavy atom. The van der Waals surface area contributed by atoms with E-state index in [2.05, 4.69) is 29.0 Å². The molecule has 1 aromatic rings. The normalized spacial score (nSPS) is 26.7. The molecular weight excluding hydrogens is 302 g/mol. The highest BCUT2D eigenvalue weighted by atomic mass is 16.3. The van der Waals surface area contributed by atoms with Crippen LogP contribution in [0.5, 0.6) is 0 Å². The lowest BCUT2D eigenvalue weighted by atomic mass is 10.1. The molecule has 2 saturated heterocycles. The zero-order chi connectivity index (χ0) is 16.7. The van der Waals surface area contributed by atoms with E-state index in [1.807, 2.05) is 17.0 Å². The molecule has 4 rings (SSSR count). The van der Waals surface area contributed by atoms with Crippen LogP contribution in [-0.2, 0) is 0 Å². The minimum Gasteiger partial charge on any atom is -0.388 e. The summed E-state index contributed by atoms with van der Waals surface area (Å²) in [5, 5.41) is 10.4. The van der Waals surface area contributed by atoms with Crippen LogP contribution >= 0.6 is 0 Å². The quantitative estimate of drug-likeness (QED) is 0.914. The molecule has 130 valence electrons. The number of carbonyl (C=O) groups is 1. The van der Waals surface area contributed by atoms with Crippen molar-refractivity contribution in [3.63, 3.8) is 0 Å². The predicted molar refractivity (Wildman–Crippen MR) is 94.4 cm³/mol. The van der Waals surface area contributed by atoms with Gasteiger partial charge in [-0.2, -0.15) is 0 Å². The second-order valence-electron chi connectivity index (χ2n) is 7.60. The lowest BCUT2D eigenvalue weighted by molar-refractivity contribution is 0.0386. The average Bonchev–Trinajstić information content (AvgIpc) is 3.15. The van der Waals surface area contributed by atoms with Crippen LogP contribution in [0.4, 0.5) is 5.69 Å². The zero-order valence-corrected chi connectivity index (χ0v) is 14.4. The van der Waals surface area contributed by atoms with E-state index in [1.54, 1.807) is 0 Å². The van der Waals surface area contributed by atoms with E-state index in [4.69, 9.17) is 0 Å². The molecule has 2 heterocycles. The van der Waals surface area contributed by atoms with E-state index in [-0.39, 0.29) is 11.9 Å². The van der Waals surface area contributed by atoms with Gasteiger partial charge in [-0.3, -0.25) is 4.79 Å². The van der Waals surface area contributed by atoms with Crippen molar-refractivity contribution in [2.75, 3.05) is 44.7 Å². The van der Waals surface area contributed by atoms with Crippen LogP contribution in [0, 0.1) is 0 Å². The van der Waals surface area contributed by atoms with E-state index in [0.717, 1.165) is 64.0 Å². The van der Waals surface area contributed by atoms with Gasteiger partial charge >= 0.3 is 0 Å². The minimum absolute atomic E-state index is 0.0160. The Morgan fingerprint density at radius 1 is 1.08 bits per heavy atom. The van der Waals surface area contributed by atoms with Gasteiger partial charge in [-0.05, 0) is 57.0 Å². The van der Waals surface area contributed by atoms with Crippen LogP contribution in [0.3, 0.4) is 0 Å². The van der Waals surface area contributed by atoms with E-state index < -0.39 is 5.60 Å². The van der Waals surface area contributed by atoms with Crippen molar-refractivity contribution in [2.24, 2.45) is 0 Å². The van der Waals surface area contributed by atoms with Gasteiger partial charge in [0.15, 0.2) is 0 Å². The van der Waals surface area contributed by atoms with E-state index in [0.29, 0.717) is 0 Å². The molecule has 1 aromatic carbocycles. The molecule has 1 saturated carbocycles. The van der Waals surface area contributed by atoms with Crippen molar-refractivity contribution in [3.8, 4) is 0 Å². The number of likely N-dealkylation sites (tertiary alicyclic amines) is 1. The van der Waals surface area contributed by atoms with Crippen molar-refractivity contribution in [1.82, 2.24) is 9.80 Å². The summed E-state index contributed by atoms with van der Waals surface area (Å²) in [6, 6.07) is 8.04. The maximum Gasteiger partial charge on any atom is 0.254 e. The Hall–Kier alpha value is -1.59. The van der Waals surface area contributed by atoms with Gasteiger partial charge < -0.3 is 19.8 Å². The number of hydrogen-bond donors (Lipinski definition) is 1. The Kier molecular flexibility index (Phi) is 4.01. The van der Waals surface area contributed by atoms with Crippen molar-refractivity contribution >= 4 is 11.6 Å². The van der Waals surface area contributed by atoms with E-state index in [1.165, 1.54) is 5.69 Å². The van der Waals surface area contributed by atoms with Gasteiger partial charge in [0.25, 0.3) is 5.91 Å². The number of rotatable bonds is 3. The summed E-state index contributed by atoms with van der Waals surface area (Å²) >= 11 is 0. The molecule has 1 amide bonds. The summed E-state index contributed by atoms with van der Waals surface area (Å²) in [6.07, 6.45) is 3.60. The van der Waals surface area contributed by atoms with Crippen molar-refractivity contribution in [3.05, 3.63) is 29.8 Å². The molecule has 0 spiro atoms. The molecule has 1 N–H and O–H groups in total. The summed E-state index contributed by atoms with van der Waals surface area (Å²) in [6.45, 7) is 4.99. The molecule has 1 aliphatic carbocycles. The first-order chi connectivity index (χ1) is 11.6. The highest BCUT2D eigenvalue weighted by molar-refractivity contribution is 5.95. The molecule has 24 heavy (non-hydrogen) atoms. The van der Waals surface area contributed by atoms with E-state index in [9.17, 15) is 9.90 Å². The largest absolute Gasteiger partial charge is 0.388 e. The number of anilines is 1. The molecular formula is C19H27N3O2. The number of hydrogen-bond acceptors (Lipinski definition) is 4. The molecule has 3 aliphatic rings. The smallest absolute Gasteiger partial charge is 0.254 e. The average molecular weight is 329 g/mol. The maximum atomic E-state index is 12.9. The molecule has 1 unspecified atom stereocenters. The fourth-order valence-corrected chi connectivity index (χ4v) is 4.08. The van der Waals surface area contributed by atoms with Gasteiger partial charge in [-0.1, -0.05) is 0 Å². The number of nitrogens with zero attached hydrogens (tertiary/aromatic N) is 3. The molecule has 1 atom stereocenters. The van der Waals surface area contributed by atoms with Gasteiger partial charge in [0.1, 0.15) is 0 Å². The van der Waals surface area contributed by atoms with E-state index >= 15 is 0 Å². The molecule has 0 bridgehead atoms. The SMILES string of the molecule is CN1CCN(c2ccc(C(=O)N3CCCC3C3(O)CC3)cc2)CC1. The lowest BCUT2D eigenvalue weighted by Gasteiger charge is -2.34. The molecule has 5 nitrogen and oxygen atoms in total. The van der Waals surface area contributed by atoms with Crippen LogP contribution in [0.2, 0.25) is 0 Å². The highest BCUT2D eigenvalue weighted by Crippen LogP contribution is 2.44. The van der Waals surface area contributed by atoms with Crippen molar-refractivity contribution in [1.29, 1.82) is 0 Å². The lowest BCUT2D eigenvalue weighted by Crippen LogP contribution is -2.44. The molecule has 5 heteroatoms. The second kappa shape index (κ2) is 6.05. The summed E-state index contributed by atoms with van der Waals surface area (Å²) in [5.74, 6) is 0.0720. The van der Waals surface area contributed by atoms with Gasteiger partial charge in [0, 0.05) is 44.0 Å². The minimum atomic E-state index is -0.605. The predicted octanol–water partition coefficient (Wildman–Crippen LogP) is 1.57. The Labute approximate surface area is 143 Å². The van der Waals surface area contributed by atoms with Crippen LogP contribution in [-0.4, -0.2) is 72.2 Å². The molecule has 0 aromatic heterocycles. The third-order valence-electron chi connectivity index (χ3n) is 5.88. The Balaban J connectivity index is 1.45. The zero-order valence-electron chi connectivity index (χ0n) is 14.4. The number of aliphatic hydroxyl groups is 1. The van der Waals surface area contributed by atoms with Gasteiger partial charge in [0.2, 0.25) is 0 Å². The maximum absolute atomic E-state index is 12.9. The third-order valence-corrected chi connectivity index (χ3v) is 5.88. The summed E-state index contributed by atoms with van der Waals surface area (Å²) in [5.41, 5.74) is 1.33. The first kappa shape index (κ1) is 15.9. The van der Waals surface area contributed by atoms with Crippen molar-refractivity contribution in [2.45, 2.75) is 37.3 Å². The van der Waals surface area contributed by atoms with Gasteiger partial charge in [-0.25, -0.2) is 0 Å². The number of benzene rings is 1. The number of likely N-dealkylation sites (N-methyl/N-ethyl adjacent to an activating group) is 1. The summed E-state index contributed by atoms with van der Waals surface area (Å²) < 4.78 is 0. The topological polar surface area (TPSA) is 47.0 Å². The molecule has 2 aliphatic heterocycles. The fourth-order valence-electron chi connectivity index (χ4n) is 4.08. The Morgan fingerprint density at radius 2 is 1.75 bits per heavy atom. The second-order valence-corrected chi connectivity index (χ2v) is 7.60. The summed E-state index contributed by atoms with van der Waals surface area (Å²) in [4.78, 5) is 19.5. The van der Waals surface area contributed by atoms with Gasteiger partial charge in [0.05, 0.1) is 11.6 Å². The number of carbonyl (C=O) groups excluding carboxylic acids is 1.